The Morgan fingerprint density at radius 2 is 1.76 bits per heavy atom. The Morgan fingerprint density at radius 1 is 1.04 bits per heavy atom. The van der Waals surface area contributed by atoms with Gasteiger partial charge in [-0.15, -0.1) is 13.2 Å². The standard InChI is InChI=1S/C15H9F3N4O2S/c16-15(17,18)24-10-1-3-11(4-2-10)25-13-12(19-5-6-20-13)9-7-21-14(23)22-8-9/h1-8H,(H,21,22,23). The molecular weight excluding hydrogens is 357 g/mol. The minimum absolute atomic E-state index is 0.305. The normalized spacial score (nSPS) is 11.3. The van der Waals surface area contributed by atoms with Crippen molar-refractivity contribution < 1.29 is 17.9 Å². The van der Waals surface area contributed by atoms with Crippen LogP contribution in [-0.2, 0) is 0 Å². The van der Waals surface area contributed by atoms with Crippen LogP contribution in [0.5, 0.6) is 5.75 Å². The maximum Gasteiger partial charge on any atom is 0.573 e. The molecule has 128 valence electrons. The average Bonchev–Trinajstić information content (AvgIpc) is 2.57. The monoisotopic (exact) mass is 366 g/mol. The maximum absolute atomic E-state index is 12.2. The molecule has 3 rings (SSSR count). The van der Waals surface area contributed by atoms with Gasteiger partial charge in [-0.1, -0.05) is 11.8 Å². The van der Waals surface area contributed by atoms with E-state index in [0.717, 1.165) is 0 Å². The molecule has 2 aromatic heterocycles. The molecule has 6 nitrogen and oxygen atoms in total. The Balaban J connectivity index is 1.84. The van der Waals surface area contributed by atoms with Crippen molar-refractivity contribution in [2.45, 2.75) is 16.3 Å². The number of ether oxygens (including phenoxy) is 1. The van der Waals surface area contributed by atoms with Crippen molar-refractivity contribution in [2.75, 3.05) is 0 Å². The topological polar surface area (TPSA) is 80.8 Å². The molecule has 0 atom stereocenters. The molecule has 3 aromatic rings. The molecule has 0 fully saturated rings. The molecule has 0 radical (unpaired) electrons. The lowest BCUT2D eigenvalue weighted by Gasteiger charge is -2.10. The molecule has 0 bridgehead atoms. The largest absolute Gasteiger partial charge is 0.573 e. The molecule has 0 aliphatic heterocycles. The molecule has 0 spiro atoms. The van der Waals surface area contributed by atoms with E-state index in [-0.39, 0.29) is 5.75 Å². The van der Waals surface area contributed by atoms with E-state index in [1.54, 1.807) is 0 Å². The first-order chi connectivity index (χ1) is 11.9. The number of rotatable bonds is 4. The minimum atomic E-state index is -4.73. The van der Waals surface area contributed by atoms with Gasteiger partial charge < -0.3 is 9.72 Å². The third kappa shape index (κ3) is 4.57. The number of H-pyrrole nitrogens is 1. The van der Waals surface area contributed by atoms with Crippen molar-refractivity contribution in [2.24, 2.45) is 0 Å². The lowest BCUT2D eigenvalue weighted by Crippen LogP contribution is -2.16. The predicted molar refractivity (Wildman–Crippen MR) is 83.1 cm³/mol. The Morgan fingerprint density at radius 3 is 2.40 bits per heavy atom. The van der Waals surface area contributed by atoms with E-state index in [1.807, 2.05) is 0 Å². The summed E-state index contributed by atoms with van der Waals surface area (Å²) in [6.07, 6.45) is 1.08. The van der Waals surface area contributed by atoms with Gasteiger partial charge in [0.05, 0.1) is 0 Å². The Labute approximate surface area is 143 Å². The van der Waals surface area contributed by atoms with Gasteiger partial charge in [-0.2, -0.15) is 0 Å². The Hall–Kier alpha value is -2.88. The molecule has 0 aliphatic carbocycles. The second-order valence-corrected chi connectivity index (χ2v) is 5.70. The highest BCUT2D eigenvalue weighted by Crippen LogP contribution is 2.33. The number of aromatic amines is 1. The zero-order valence-corrected chi connectivity index (χ0v) is 13.1. The zero-order valence-electron chi connectivity index (χ0n) is 12.3. The third-order valence-electron chi connectivity index (χ3n) is 2.88. The summed E-state index contributed by atoms with van der Waals surface area (Å²) >= 11 is 1.21. The van der Waals surface area contributed by atoms with Crippen LogP contribution in [0, 0.1) is 0 Å². The van der Waals surface area contributed by atoms with Crippen LogP contribution >= 0.6 is 11.8 Å². The molecule has 25 heavy (non-hydrogen) atoms. The first-order valence-electron chi connectivity index (χ1n) is 6.80. The number of hydrogen-bond donors (Lipinski definition) is 1. The van der Waals surface area contributed by atoms with Crippen LogP contribution in [0.15, 0.2) is 63.8 Å². The summed E-state index contributed by atoms with van der Waals surface area (Å²) in [6, 6.07) is 5.39. The summed E-state index contributed by atoms with van der Waals surface area (Å²) in [4.78, 5) is 26.2. The van der Waals surface area contributed by atoms with Crippen LogP contribution in [0.4, 0.5) is 13.2 Å². The Bertz CT molecular complexity index is 909. The number of halogens is 3. The van der Waals surface area contributed by atoms with Crippen molar-refractivity contribution in [1.82, 2.24) is 19.9 Å². The molecule has 0 unspecified atom stereocenters. The van der Waals surface area contributed by atoms with E-state index < -0.39 is 12.1 Å². The fourth-order valence-electron chi connectivity index (χ4n) is 1.89. The van der Waals surface area contributed by atoms with Crippen LogP contribution < -0.4 is 10.4 Å². The molecule has 1 aromatic carbocycles. The summed E-state index contributed by atoms with van der Waals surface area (Å²) in [6.45, 7) is 0. The van der Waals surface area contributed by atoms with Gasteiger partial charge in [0.25, 0.3) is 0 Å². The highest BCUT2D eigenvalue weighted by atomic mass is 32.2. The fraction of sp³-hybridized carbons (Fsp3) is 0.0667. The molecule has 0 amide bonds. The number of benzene rings is 1. The van der Waals surface area contributed by atoms with Gasteiger partial charge in [0, 0.05) is 35.2 Å². The zero-order chi connectivity index (χ0) is 17.9. The van der Waals surface area contributed by atoms with Gasteiger partial charge in [-0.3, -0.25) is 4.98 Å². The first kappa shape index (κ1) is 17.0. The predicted octanol–water partition coefficient (Wildman–Crippen LogP) is 3.28. The molecule has 2 heterocycles. The van der Waals surface area contributed by atoms with Crippen LogP contribution in [0.25, 0.3) is 11.3 Å². The fourth-order valence-corrected chi connectivity index (χ4v) is 2.77. The second-order valence-electron chi connectivity index (χ2n) is 4.64. The van der Waals surface area contributed by atoms with E-state index >= 15 is 0 Å². The van der Waals surface area contributed by atoms with E-state index in [9.17, 15) is 18.0 Å². The molecular formula is C15H9F3N4O2S. The third-order valence-corrected chi connectivity index (χ3v) is 3.88. The van der Waals surface area contributed by atoms with E-state index in [0.29, 0.717) is 21.2 Å². The lowest BCUT2D eigenvalue weighted by molar-refractivity contribution is -0.274. The van der Waals surface area contributed by atoms with Gasteiger partial charge in [-0.25, -0.2) is 14.8 Å². The number of hydrogen-bond acceptors (Lipinski definition) is 6. The van der Waals surface area contributed by atoms with E-state index in [4.69, 9.17) is 0 Å². The second kappa shape index (κ2) is 6.93. The quantitative estimate of drug-likeness (QED) is 0.763. The summed E-state index contributed by atoms with van der Waals surface area (Å²) in [5.74, 6) is -0.305. The summed E-state index contributed by atoms with van der Waals surface area (Å²) in [5.41, 5.74) is 0.571. The van der Waals surface area contributed by atoms with Crippen molar-refractivity contribution in [1.29, 1.82) is 0 Å². The van der Waals surface area contributed by atoms with Crippen LogP contribution in [-0.4, -0.2) is 26.3 Å². The van der Waals surface area contributed by atoms with Crippen molar-refractivity contribution in [3.8, 4) is 17.0 Å². The van der Waals surface area contributed by atoms with Gasteiger partial charge in [0.2, 0.25) is 0 Å². The molecule has 0 aliphatic rings. The summed E-state index contributed by atoms with van der Waals surface area (Å²) in [7, 11) is 0. The van der Waals surface area contributed by atoms with Crippen molar-refractivity contribution in [3.63, 3.8) is 0 Å². The molecule has 1 N–H and O–H groups in total. The SMILES string of the molecule is O=c1ncc(-c2nccnc2Sc2ccc(OC(F)(F)F)cc2)c[nH]1. The number of alkyl halides is 3. The van der Waals surface area contributed by atoms with Crippen LogP contribution in [0.2, 0.25) is 0 Å². The molecule has 0 saturated heterocycles. The first-order valence-corrected chi connectivity index (χ1v) is 7.62. The highest BCUT2D eigenvalue weighted by Gasteiger charge is 2.30. The maximum atomic E-state index is 12.2. The van der Waals surface area contributed by atoms with Gasteiger partial charge >= 0.3 is 12.1 Å². The summed E-state index contributed by atoms with van der Waals surface area (Å²) < 4.78 is 40.4. The summed E-state index contributed by atoms with van der Waals surface area (Å²) in [5, 5.41) is 0.515. The van der Waals surface area contributed by atoms with Crippen LogP contribution in [0.3, 0.4) is 0 Å². The van der Waals surface area contributed by atoms with Gasteiger partial charge in [0.1, 0.15) is 16.5 Å². The molecule has 0 saturated carbocycles. The average molecular weight is 366 g/mol. The Kier molecular flexibility index (Phi) is 4.70. The van der Waals surface area contributed by atoms with Crippen molar-refractivity contribution in [3.05, 3.63) is 59.5 Å². The van der Waals surface area contributed by atoms with E-state index in [1.165, 1.54) is 60.8 Å². The van der Waals surface area contributed by atoms with Gasteiger partial charge in [0.15, 0.2) is 0 Å². The minimum Gasteiger partial charge on any atom is -0.406 e. The highest BCUT2D eigenvalue weighted by molar-refractivity contribution is 7.99. The van der Waals surface area contributed by atoms with E-state index in [2.05, 4.69) is 24.7 Å². The smallest absolute Gasteiger partial charge is 0.406 e. The number of nitrogens with zero attached hydrogens (tertiary/aromatic N) is 3. The van der Waals surface area contributed by atoms with Crippen molar-refractivity contribution >= 4 is 11.8 Å². The van der Waals surface area contributed by atoms with Crippen LogP contribution in [0.1, 0.15) is 0 Å². The lowest BCUT2D eigenvalue weighted by atomic mass is 10.2. The number of aromatic nitrogens is 4. The van der Waals surface area contributed by atoms with Gasteiger partial charge in [-0.05, 0) is 24.3 Å². The molecule has 10 heteroatoms. The number of nitrogens with one attached hydrogen (secondary N) is 1.